The zero-order chi connectivity index (χ0) is 10.8. The van der Waals surface area contributed by atoms with Crippen molar-refractivity contribution in [1.82, 2.24) is 19.6 Å². The lowest BCUT2D eigenvalue weighted by Crippen LogP contribution is -2.12. The predicted molar refractivity (Wildman–Crippen MR) is 62.0 cm³/mol. The van der Waals surface area contributed by atoms with Gasteiger partial charge in [-0.3, -0.25) is 9.38 Å². The molecule has 0 aliphatic heterocycles. The number of rotatable bonds is 3. The van der Waals surface area contributed by atoms with Crippen LogP contribution in [0.3, 0.4) is 0 Å². The van der Waals surface area contributed by atoms with Gasteiger partial charge in [-0.2, -0.15) is 0 Å². The van der Waals surface area contributed by atoms with Crippen molar-refractivity contribution in [3.63, 3.8) is 0 Å². The molecular weight excluding hydrogens is 256 g/mol. The summed E-state index contributed by atoms with van der Waals surface area (Å²) in [6, 6.07) is 0. The second-order valence-electron chi connectivity index (χ2n) is 3.90. The molecule has 2 heterocycles. The van der Waals surface area contributed by atoms with Crippen molar-refractivity contribution >= 4 is 21.6 Å². The third kappa shape index (κ3) is 2.17. The number of alkyl halides is 1. The molecule has 0 radical (unpaired) electrons. The number of aromatic nitrogens is 4. The van der Waals surface area contributed by atoms with E-state index in [1.807, 2.05) is 10.6 Å². The molecule has 2 aromatic heterocycles. The van der Waals surface area contributed by atoms with E-state index in [1.54, 1.807) is 12.5 Å². The van der Waals surface area contributed by atoms with Crippen molar-refractivity contribution in [3.8, 4) is 0 Å². The van der Waals surface area contributed by atoms with Crippen LogP contribution in [0.25, 0.3) is 5.65 Å². The first-order valence-electron chi connectivity index (χ1n) is 4.96. The summed E-state index contributed by atoms with van der Waals surface area (Å²) < 4.78 is 1.89. The fourth-order valence-electron chi connectivity index (χ4n) is 1.38. The Balaban J connectivity index is 2.31. The minimum absolute atomic E-state index is 0.424. The lowest BCUT2D eigenvalue weighted by molar-refractivity contribution is 0.608. The van der Waals surface area contributed by atoms with Gasteiger partial charge in [0.15, 0.2) is 5.65 Å². The van der Waals surface area contributed by atoms with Gasteiger partial charge in [0, 0.05) is 23.6 Å². The van der Waals surface area contributed by atoms with Gasteiger partial charge in [0.1, 0.15) is 6.33 Å². The maximum atomic E-state index is 4.35. The summed E-state index contributed by atoms with van der Waals surface area (Å²) in [6.07, 6.45) is 6.21. The fraction of sp³-hybridized carbons (Fsp3) is 0.500. The van der Waals surface area contributed by atoms with Crippen molar-refractivity contribution in [2.24, 2.45) is 5.92 Å². The van der Waals surface area contributed by atoms with E-state index in [0.29, 0.717) is 10.7 Å². The van der Waals surface area contributed by atoms with Crippen LogP contribution in [0.5, 0.6) is 0 Å². The first kappa shape index (κ1) is 10.5. The molecule has 0 aliphatic rings. The number of hydrogen-bond acceptors (Lipinski definition) is 3. The Kier molecular flexibility index (Phi) is 3.00. The largest absolute Gasteiger partial charge is 0.286 e. The van der Waals surface area contributed by atoms with Crippen LogP contribution >= 0.6 is 15.9 Å². The molecule has 0 saturated carbocycles. The summed E-state index contributed by atoms with van der Waals surface area (Å²) in [6.45, 7) is 4.37. The molecule has 0 bridgehead atoms. The summed E-state index contributed by atoms with van der Waals surface area (Å²) in [5.74, 6) is 0.579. The number of nitrogens with zero attached hydrogens (tertiary/aromatic N) is 4. The Hall–Kier alpha value is -0.970. The zero-order valence-electron chi connectivity index (χ0n) is 8.76. The van der Waals surface area contributed by atoms with Crippen LogP contribution < -0.4 is 0 Å². The molecule has 0 fully saturated rings. The van der Waals surface area contributed by atoms with Gasteiger partial charge >= 0.3 is 0 Å². The molecule has 1 unspecified atom stereocenters. The van der Waals surface area contributed by atoms with Crippen molar-refractivity contribution in [3.05, 3.63) is 24.4 Å². The summed E-state index contributed by atoms with van der Waals surface area (Å²) in [5, 5.41) is 7.93. The Morgan fingerprint density at radius 2 is 2.27 bits per heavy atom. The van der Waals surface area contributed by atoms with E-state index in [0.717, 1.165) is 17.8 Å². The van der Waals surface area contributed by atoms with Crippen LogP contribution in [0.1, 0.15) is 19.5 Å². The molecule has 15 heavy (non-hydrogen) atoms. The van der Waals surface area contributed by atoms with Gasteiger partial charge in [-0.05, 0) is 5.92 Å². The van der Waals surface area contributed by atoms with E-state index < -0.39 is 0 Å². The first-order chi connectivity index (χ1) is 7.18. The predicted octanol–water partition coefficient (Wildman–Crippen LogP) is 2.09. The summed E-state index contributed by atoms with van der Waals surface area (Å²) in [7, 11) is 0. The van der Waals surface area contributed by atoms with Gasteiger partial charge < -0.3 is 0 Å². The van der Waals surface area contributed by atoms with Crippen molar-refractivity contribution in [2.75, 3.05) is 0 Å². The van der Waals surface area contributed by atoms with Crippen molar-refractivity contribution in [2.45, 2.75) is 25.1 Å². The molecule has 4 nitrogen and oxygen atoms in total. The SMILES string of the molecule is CC(C)C(Br)Cc1nccn2cnnc12. The maximum absolute atomic E-state index is 4.35. The molecular formula is C10H13BrN4. The van der Waals surface area contributed by atoms with Gasteiger partial charge in [0.25, 0.3) is 0 Å². The van der Waals surface area contributed by atoms with Gasteiger partial charge in [-0.25, -0.2) is 0 Å². The Morgan fingerprint density at radius 1 is 1.47 bits per heavy atom. The van der Waals surface area contributed by atoms with E-state index in [2.05, 4.69) is 45.0 Å². The highest BCUT2D eigenvalue weighted by molar-refractivity contribution is 9.09. The average molecular weight is 269 g/mol. The molecule has 0 aromatic carbocycles. The average Bonchev–Trinajstić information content (AvgIpc) is 2.66. The quantitative estimate of drug-likeness (QED) is 0.801. The minimum atomic E-state index is 0.424. The molecule has 5 heteroatoms. The highest BCUT2D eigenvalue weighted by Gasteiger charge is 2.13. The molecule has 0 spiro atoms. The summed E-state index contributed by atoms with van der Waals surface area (Å²) in [4.78, 5) is 4.77. The third-order valence-electron chi connectivity index (χ3n) is 2.40. The van der Waals surface area contributed by atoms with E-state index in [1.165, 1.54) is 0 Å². The molecule has 2 aromatic rings. The Bertz CT molecular complexity index is 451. The smallest absolute Gasteiger partial charge is 0.182 e. The minimum Gasteiger partial charge on any atom is -0.286 e. The Labute approximate surface area is 96.9 Å². The zero-order valence-corrected chi connectivity index (χ0v) is 10.3. The van der Waals surface area contributed by atoms with Gasteiger partial charge in [-0.15, -0.1) is 10.2 Å². The Morgan fingerprint density at radius 3 is 3.00 bits per heavy atom. The number of fused-ring (bicyclic) bond motifs is 1. The van der Waals surface area contributed by atoms with Crippen LogP contribution in [-0.4, -0.2) is 24.4 Å². The second kappa shape index (κ2) is 4.26. The van der Waals surface area contributed by atoms with Crippen LogP contribution in [0, 0.1) is 5.92 Å². The number of halogens is 1. The van der Waals surface area contributed by atoms with E-state index in [4.69, 9.17) is 0 Å². The second-order valence-corrected chi connectivity index (χ2v) is 5.08. The van der Waals surface area contributed by atoms with Gasteiger partial charge in [0.05, 0.1) is 5.69 Å². The molecule has 0 aliphatic carbocycles. The molecule has 80 valence electrons. The summed E-state index contributed by atoms with van der Waals surface area (Å²) in [5.41, 5.74) is 1.84. The van der Waals surface area contributed by atoms with Crippen molar-refractivity contribution in [1.29, 1.82) is 0 Å². The van der Waals surface area contributed by atoms with E-state index >= 15 is 0 Å². The fourth-order valence-corrected chi connectivity index (χ4v) is 1.68. The summed E-state index contributed by atoms with van der Waals surface area (Å²) >= 11 is 3.66. The van der Waals surface area contributed by atoms with Gasteiger partial charge in [-0.1, -0.05) is 29.8 Å². The standard InChI is InChI=1S/C10H13BrN4/c1-7(2)8(11)5-9-10-14-13-6-15(10)4-3-12-9/h3-4,6-8H,5H2,1-2H3. The number of hydrogen-bond donors (Lipinski definition) is 0. The topological polar surface area (TPSA) is 43.1 Å². The highest BCUT2D eigenvalue weighted by atomic mass is 79.9. The van der Waals surface area contributed by atoms with E-state index in [-0.39, 0.29) is 0 Å². The highest BCUT2D eigenvalue weighted by Crippen LogP contribution is 2.18. The molecule has 0 N–H and O–H groups in total. The lowest BCUT2D eigenvalue weighted by Gasteiger charge is -2.12. The maximum Gasteiger partial charge on any atom is 0.182 e. The first-order valence-corrected chi connectivity index (χ1v) is 5.87. The van der Waals surface area contributed by atoms with E-state index in [9.17, 15) is 0 Å². The van der Waals surface area contributed by atoms with Gasteiger partial charge in [0.2, 0.25) is 0 Å². The monoisotopic (exact) mass is 268 g/mol. The van der Waals surface area contributed by atoms with Crippen LogP contribution in [0.4, 0.5) is 0 Å². The lowest BCUT2D eigenvalue weighted by atomic mass is 10.1. The third-order valence-corrected chi connectivity index (χ3v) is 3.78. The molecule has 0 saturated heterocycles. The molecule has 2 rings (SSSR count). The normalized spacial score (nSPS) is 13.6. The van der Waals surface area contributed by atoms with Crippen molar-refractivity contribution < 1.29 is 0 Å². The van der Waals surface area contributed by atoms with Crippen LogP contribution in [0.2, 0.25) is 0 Å². The molecule has 1 atom stereocenters. The molecule has 0 amide bonds. The van der Waals surface area contributed by atoms with Crippen LogP contribution in [-0.2, 0) is 6.42 Å². The van der Waals surface area contributed by atoms with Crippen LogP contribution in [0.15, 0.2) is 18.7 Å².